The molecule has 2 unspecified atom stereocenters. The van der Waals surface area contributed by atoms with Crippen LogP contribution in [0.1, 0.15) is 104 Å². The minimum atomic E-state index is 0.164. The molecule has 0 bridgehead atoms. The molecule has 0 aliphatic heterocycles. The molecule has 3 aromatic carbocycles. The number of hydrogen-bond donors (Lipinski definition) is 0. The first-order chi connectivity index (χ1) is 24.2. The topological polar surface area (TPSA) is 0 Å². The van der Waals surface area contributed by atoms with Crippen molar-refractivity contribution in [2.45, 2.75) is 102 Å². The van der Waals surface area contributed by atoms with Gasteiger partial charge in [0.15, 0.2) is 0 Å². The second-order valence-electron chi connectivity index (χ2n) is 16.4. The molecule has 5 aliphatic rings. The molecule has 1 saturated carbocycles. The van der Waals surface area contributed by atoms with E-state index in [0.29, 0.717) is 5.92 Å². The molecule has 3 aromatic rings. The average molecular weight is 752 g/mol. The van der Waals surface area contributed by atoms with Crippen LogP contribution in [0.2, 0.25) is 0 Å². The van der Waals surface area contributed by atoms with Gasteiger partial charge in [0.2, 0.25) is 0 Å². The van der Waals surface area contributed by atoms with Crippen molar-refractivity contribution in [2.75, 3.05) is 0 Å². The molecule has 268 valence electrons. The number of fused-ring (bicyclic) bond motifs is 6. The number of benzene rings is 3. The van der Waals surface area contributed by atoms with Gasteiger partial charge < -0.3 is 0 Å². The van der Waals surface area contributed by atoms with Crippen LogP contribution in [0.25, 0.3) is 5.57 Å². The summed E-state index contributed by atoms with van der Waals surface area (Å²) in [5, 5.41) is 0. The van der Waals surface area contributed by atoms with Crippen molar-refractivity contribution in [1.82, 2.24) is 0 Å². The van der Waals surface area contributed by atoms with Crippen LogP contribution in [0.15, 0.2) is 119 Å². The van der Waals surface area contributed by atoms with Crippen molar-refractivity contribution in [1.29, 1.82) is 0 Å². The molecule has 1 heteroatoms. The number of rotatable bonds is 0. The number of hydrogen-bond acceptors (Lipinski definition) is 0. The van der Waals surface area contributed by atoms with Crippen LogP contribution < -0.4 is 0 Å². The third kappa shape index (κ3) is 7.72. The van der Waals surface area contributed by atoms with Gasteiger partial charge >= 0.3 is 28.4 Å². The van der Waals surface area contributed by atoms with Gasteiger partial charge in [-0.25, -0.2) is 17.6 Å². The summed E-state index contributed by atoms with van der Waals surface area (Å²) in [5.41, 5.74) is 14.2. The van der Waals surface area contributed by atoms with Crippen molar-refractivity contribution < 1.29 is 24.2 Å². The molecule has 51 heavy (non-hydrogen) atoms. The van der Waals surface area contributed by atoms with E-state index in [-0.39, 0.29) is 21.7 Å². The third-order valence-electron chi connectivity index (χ3n) is 13.4. The van der Waals surface area contributed by atoms with E-state index in [0.717, 1.165) is 12.8 Å². The maximum atomic E-state index is 3.34. The molecular weight excluding hydrogens is 692 g/mol. The van der Waals surface area contributed by atoms with Gasteiger partial charge in [-0.05, 0) is 40.6 Å². The first-order valence-electron chi connectivity index (χ1n) is 18.7. The second-order valence-corrected chi connectivity index (χ2v) is 16.4. The van der Waals surface area contributed by atoms with Gasteiger partial charge in [0.05, 0.1) is 0 Å². The van der Waals surface area contributed by atoms with E-state index >= 15 is 0 Å². The molecule has 8 rings (SSSR count). The fourth-order valence-electron chi connectivity index (χ4n) is 9.02. The van der Waals surface area contributed by atoms with Crippen LogP contribution in [-0.2, 0) is 30.7 Å². The maximum absolute atomic E-state index is 3.34. The first-order valence-corrected chi connectivity index (χ1v) is 20.4. The zero-order chi connectivity index (χ0) is 37.6. The van der Waals surface area contributed by atoms with Crippen LogP contribution in [0.3, 0.4) is 0 Å². The van der Waals surface area contributed by atoms with Gasteiger partial charge in [-0.15, -0.1) is 13.3 Å². The van der Waals surface area contributed by atoms with E-state index in [2.05, 4.69) is 147 Å². The molecule has 0 radical (unpaired) electrons. The normalized spacial score (nSPS) is 23.5. The Hall–Kier alpha value is -3.02. The first kappa shape index (κ1) is 40.7. The summed E-state index contributed by atoms with van der Waals surface area (Å²) < 4.78 is 3.34. The van der Waals surface area contributed by atoms with E-state index in [1.165, 1.54) is 64.9 Å². The summed E-state index contributed by atoms with van der Waals surface area (Å²) in [6.07, 6.45) is 16.8. The molecular formula is C50H60Zr-4. The van der Waals surface area contributed by atoms with Crippen LogP contribution in [0.5, 0.6) is 0 Å². The van der Waals surface area contributed by atoms with Crippen LogP contribution >= 0.6 is 0 Å². The Morgan fingerprint density at radius 3 is 1.78 bits per heavy atom. The molecule has 2 atom stereocenters. The Kier molecular flexibility index (Phi) is 13.4. The standard InChI is InChI=1S/C29H37.2C7H7.C6H7.CH2.Zr/c1-18-25-22-17-19-13-9-10-14-20(19)24(22)21-15-11-12-16-23(21)29(25,8)28(6,7)27(4,5)26(18,2)3;2*1-7-5-3-2-4-6-7;1-6-4-2-3-5-6;;/h9-11,13-15,23H,12,16-17H2,1-8H3;2*3-6H,1H3;2,4H,3H2,1H3;1H2;/q4*-1;;. The molecule has 5 aliphatic carbocycles. The molecule has 0 nitrogen and oxygen atoms in total. The SMILES string of the molecule is CC1=[C-]CC=C1.C[C-]1C2=C3Cc4ccccc4C3=C3C=CCCC3C2(C)C(C)(C)C(C)(C)C1(C)C.Cc1cc[c-]cc1.Cc1cc[c-]cc1.[CH2]=[Zr]. The Morgan fingerprint density at radius 2 is 1.31 bits per heavy atom. The number of allylic oxidation sites excluding steroid dienone is 10. The molecule has 0 heterocycles. The van der Waals surface area contributed by atoms with Gasteiger partial charge in [-0.3, -0.25) is 6.08 Å². The summed E-state index contributed by atoms with van der Waals surface area (Å²) in [5.74, 6) is 2.24. The molecule has 0 N–H and O–H groups in total. The predicted octanol–water partition coefficient (Wildman–Crippen LogP) is 13.2. The summed E-state index contributed by atoms with van der Waals surface area (Å²) >= 11 is 1.30. The Morgan fingerprint density at radius 1 is 0.745 bits per heavy atom. The summed E-state index contributed by atoms with van der Waals surface area (Å²) in [7, 11) is 0. The van der Waals surface area contributed by atoms with Crippen molar-refractivity contribution in [3.63, 3.8) is 0 Å². The molecule has 1 fully saturated rings. The van der Waals surface area contributed by atoms with Gasteiger partial charge in [0, 0.05) is 0 Å². The van der Waals surface area contributed by atoms with Crippen LogP contribution in [0.4, 0.5) is 0 Å². The van der Waals surface area contributed by atoms with Crippen molar-refractivity contribution in [2.24, 2.45) is 27.6 Å². The molecule has 0 saturated heterocycles. The number of aryl methyl sites for hydroxylation is 2. The zero-order valence-corrected chi connectivity index (χ0v) is 35.8. The van der Waals surface area contributed by atoms with Gasteiger partial charge in [-0.1, -0.05) is 134 Å². The Labute approximate surface area is 327 Å². The summed E-state index contributed by atoms with van der Waals surface area (Å²) in [6, 6.07) is 30.8. The predicted molar refractivity (Wildman–Crippen MR) is 218 cm³/mol. The van der Waals surface area contributed by atoms with E-state index in [1.807, 2.05) is 48.5 Å². The van der Waals surface area contributed by atoms with E-state index in [4.69, 9.17) is 0 Å². The molecule has 0 spiro atoms. The van der Waals surface area contributed by atoms with Crippen LogP contribution in [0, 0.1) is 65.6 Å². The van der Waals surface area contributed by atoms with E-state index in [9.17, 15) is 0 Å². The van der Waals surface area contributed by atoms with Crippen molar-refractivity contribution in [3.8, 4) is 0 Å². The fraction of sp³-hybridized carbons (Fsp3) is 0.400. The molecule has 0 amide bonds. The quantitative estimate of drug-likeness (QED) is 0.201. The fourth-order valence-corrected chi connectivity index (χ4v) is 9.02. The van der Waals surface area contributed by atoms with Crippen molar-refractivity contribution in [3.05, 3.63) is 166 Å². The Bertz CT molecular complexity index is 1750. The van der Waals surface area contributed by atoms with Gasteiger partial charge in [0.25, 0.3) is 0 Å². The monoisotopic (exact) mass is 750 g/mol. The molecule has 0 aromatic heterocycles. The third-order valence-corrected chi connectivity index (χ3v) is 13.4. The van der Waals surface area contributed by atoms with Crippen LogP contribution in [-0.4, -0.2) is 4.21 Å². The van der Waals surface area contributed by atoms with E-state index in [1.54, 1.807) is 28.2 Å². The van der Waals surface area contributed by atoms with Gasteiger partial charge in [0.1, 0.15) is 0 Å². The summed E-state index contributed by atoms with van der Waals surface area (Å²) in [6.45, 7) is 26.5. The summed E-state index contributed by atoms with van der Waals surface area (Å²) in [4.78, 5) is 0. The Balaban J connectivity index is 0.000000213. The minimum absolute atomic E-state index is 0.164. The second kappa shape index (κ2) is 16.8. The van der Waals surface area contributed by atoms with E-state index < -0.39 is 0 Å². The van der Waals surface area contributed by atoms with Crippen molar-refractivity contribution >= 4 is 9.78 Å². The zero-order valence-electron chi connectivity index (χ0n) is 33.4. The van der Waals surface area contributed by atoms with Gasteiger partial charge in [-0.2, -0.15) is 89.0 Å². The average Bonchev–Trinajstić information content (AvgIpc) is 3.76.